The van der Waals surface area contributed by atoms with E-state index in [2.05, 4.69) is 20.7 Å². The van der Waals surface area contributed by atoms with Gasteiger partial charge < -0.3 is 15.4 Å². The molecular weight excluding hydrogens is 322 g/mol. The van der Waals surface area contributed by atoms with Gasteiger partial charge in [0.15, 0.2) is 0 Å². The number of ether oxygens (including phenoxy) is 1. The fourth-order valence-electron chi connectivity index (χ4n) is 1.88. The Hall–Kier alpha value is -2.57. The number of carbonyl (C=O) groups excluding carboxylic acids is 3. The molecule has 0 radical (unpaired) electrons. The zero-order valence-corrected chi connectivity index (χ0v) is 15.3. The molecule has 1 aromatic carbocycles. The quantitative estimate of drug-likeness (QED) is 0.659. The second-order valence-electron chi connectivity index (χ2n) is 6.70. The largest absolute Gasteiger partial charge is 0.453 e. The van der Waals surface area contributed by atoms with Crippen molar-refractivity contribution in [2.75, 3.05) is 19.0 Å². The minimum atomic E-state index is -0.528. The van der Waals surface area contributed by atoms with E-state index in [1.54, 1.807) is 12.1 Å². The van der Waals surface area contributed by atoms with Gasteiger partial charge in [0.25, 0.3) is 0 Å². The molecule has 3 amide bonds. The first-order valence-corrected chi connectivity index (χ1v) is 8.21. The number of nitrogens with one attached hydrogen (secondary N) is 3. The van der Waals surface area contributed by atoms with Gasteiger partial charge in [-0.2, -0.15) is 0 Å². The molecule has 0 atom stereocenters. The lowest BCUT2D eigenvalue weighted by atomic mass is 9.96. The Labute approximate surface area is 148 Å². The summed E-state index contributed by atoms with van der Waals surface area (Å²) < 4.78 is 4.51. The highest BCUT2D eigenvalue weighted by molar-refractivity contribution is 5.84. The van der Waals surface area contributed by atoms with Gasteiger partial charge in [-0.1, -0.05) is 32.9 Å². The number of methoxy groups -OCH3 is 1. The molecule has 7 heteroatoms. The monoisotopic (exact) mass is 349 g/mol. The number of anilines is 1. The maximum atomic E-state index is 11.8. The summed E-state index contributed by atoms with van der Waals surface area (Å²) in [5, 5.41) is 8.19. The van der Waals surface area contributed by atoms with Crippen molar-refractivity contribution in [3.8, 4) is 0 Å². The Morgan fingerprint density at radius 2 is 1.68 bits per heavy atom. The SMILES string of the molecule is COC(=O)Nc1ccc(CNC(=O)CCCNC(=O)C(C)(C)C)cc1. The number of carbonyl (C=O) groups is 3. The van der Waals surface area contributed by atoms with Crippen LogP contribution in [0.15, 0.2) is 24.3 Å². The summed E-state index contributed by atoms with van der Waals surface area (Å²) in [7, 11) is 1.30. The average molecular weight is 349 g/mol. The molecule has 0 saturated carbocycles. The van der Waals surface area contributed by atoms with E-state index in [1.165, 1.54) is 7.11 Å². The normalized spacial score (nSPS) is 10.7. The Balaban J connectivity index is 2.25. The van der Waals surface area contributed by atoms with Crippen LogP contribution in [0.1, 0.15) is 39.2 Å². The van der Waals surface area contributed by atoms with Gasteiger partial charge in [0.2, 0.25) is 11.8 Å². The van der Waals surface area contributed by atoms with Crippen molar-refractivity contribution < 1.29 is 19.1 Å². The second kappa shape index (κ2) is 9.66. The van der Waals surface area contributed by atoms with E-state index in [1.807, 2.05) is 32.9 Å². The van der Waals surface area contributed by atoms with Crippen molar-refractivity contribution in [3.63, 3.8) is 0 Å². The van der Waals surface area contributed by atoms with Gasteiger partial charge in [-0.15, -0.1) is 0 Å². The van der Waals surface area contributed by atoms with Gasteiger partial charge >= 0.3 is 6.09 Å². The highest BCUT2D eigenvalue weighted by Crippen LogP contribution is 2.12. The fourth-order valence-corrected chi connectivity index (χ4v) is 1.88. The molecule has 0 aliphatic heterocycles. The third-order valence-electron chi connectivity index (χ3n) is 3.42. The number of benzene rings is 1. The molecule has 0 saturated heterocycles. The van der Waals surface area contributed by atoms with Crippen LogP contribution in [-0.4, -0.2) is 31.6 Å². The summed E-state index contributed by atoms with van der Waals surface area (Å²) in [4.78, 5) is 34.6. The molecule has 3 N–H and O–H groups in total. The van der Waals surface area contributed by atoms with E-state index in [4.69, 9.17) is 0 Å². The first-order chi connectivity index (χ1) is 11.7. The molecule has 0 spiro atoms. The minimum absolute atomic E-state index is 0.0198. The topological polar surface area (TPSA) is 96.5 Å². The smallest absolute Gasteiger partial charge is 0.411 e. The van der Waals surface area contributed by atoms with Crippen molar-refractivity contribution in [1.82, 2.24) is 10.6 Å². The standard InChI is InChI=1S/C18H27N3O4/c1-18(2,3)16(23)19-11-5-6-15(22)20-12-13-7-9-14(10-8-13)21-17(24)25-4/h7-10H,5-6,11-12H2,1-4H3,(H,19,23)(H,20,22)(H,21,24). The summed E-state index contributed by atoms with van der Waals surface area (Å²) in [5.74, 6) is -0.0877. The highest BCUT2D eigenvalue weighted by Gasteiger charge is 2.20. The fraction of sp³-hybridized carbons (Fsp3) is 0.500. The van der Waals surface area contributed by atoms with Gasteiger partial charge in [-0.05, 0) is 24.1 Å². The number of amides is 3. The van der Waals surface area contributed by atoms with Crippen LogP contribution in [0.2, 0.25) is 0 Å². The van der Waals surface area contributed by atoms with E-state index < -0.39 is 11.5 Å². The molecule has 0 unspecified atom stereocenters. The maximum absolute atomic E-state index is 11.8. The van der Waals surface area contributed by atoms with Crippen LogP contribution >= 0.6 is 0 Å². The molecule has 25 heavy (non-hydrogen) atoms. The molecule has 1 aromatic rings. The average Bonchev–Trinajstić information content (AvgIpc) is 2.56. The molecule has 0 aromatic heterocycles. The minimum Gasteiger partial charge on any atom is -0.453 e. The second-order valence-corrected chi connectivity index (χ2v) is 6.70. The van der Waals surface area contributed by atoms with Crippen molar-refractivity contribution >= 4 is 23.6 Å². The van der Waals surface area contributed by atoms with Crippen molar-refractivity contribution in [2.45, 2.75) is 40.2 Å². The summed E-state index contributed by atoms with van der Waals surface area (Å²) in [6.45, 7) is 6.44. The van der Waals surface area contributed by atoms with E-state index in [-0.39, 0.29) is 11.8 Å². The third kappa shape index (κ3) is 8.19. The zero-order valence-electron chi connectivity index (χ0n) is 15.3. The van der Waals surface area contributed by atoms with Crippen LogP contribution < -0.4 is 16.0 Å². The van der Waals surface area contributed by atoms with Crippen LogP contribution in [0.25, 0.3) is 0 Å². The van der Waals surface area contributed by atoms with E-state index in [0.29, 0.717) is 31.6 Å². The lowest BCUT2D eigenvalue weighted by Gasteiger charge is -2.17. The predicted octanol–water partition coefficient (Wildman–Crippen LogP) is 2.42. The summed E-state index contributed by atoms with van der Waals surface area (Å²) in [6, 6.07) is 7.10. The number of hydrogen-bond acceptors (Lipinski definition) is 4. The van der Waals surface area contributed by atoms with Crippen molar-refractivity contribution in [3.05, 3.63) is 29.8 Å². The van der Waals surface area contributed by atoms with Crippen LogP contribution in [0.4, 0.5) is 10.5 Å². The van der Waals surface area contributed by atoms with Crippen molar-refractivity contribution in [2.24, 2.45) is 5.41 Å². The molecule has 0 aliphatic rings. The highest BCUT2D eigenvalue weighted by atomic mass is 16.5. The summed E-state index contributed by atoms with van der Waals surface area (Å²) >= 11 is 0. The van der Waals surface area contributed by atoms with E-state index in [0.717, 1.165) is 5.56 Å². The van der Waals surface area contributed by atoms with Gasteiger partial charge in [0, 0.05) is 30.6 Å². The molecule has 0 fully saturated rings. The van der Waals surface area contributed by atoms with Crippen molar-refractivity contribution in [1.29, 1.82) is 0 Å². The Bertz CT molecular complexity index is 591. The molecule has 0 aliphatic carbocycles. The molecule has 0 bridgehead atoms. The van der Waals surface area contributed by atoms with Gasteiger partial charge in [-0.25, -0.2) is 4.79 Å². The summed E-state index contributed by atoms with van der Waals surface area (Å²) in [5.41, 5.74) is 1.12. The third-order valence-corrected chi connectivity index (χ3v) is 3.42. The molecule has 7 nitrogen and oxygen atoms in total. The van der Waals surface area contributed by atoms with Crippen LogP contribution in [0, 0.1) is 5.41 Å². The van der Waals surface area contributed by atoms with E-state index >= 15 is 0 Å². The van der Waals surface area contributed by atoms with E-state index in [9.17, 15) is 14.4 Å². The lowest BCUT2D eigenvalue weighted by molar-refractivity contribution is -0.128. The number of rotatable bonds is 7. The van der Waals surface area contributed by atoms with Crippen LogP contribution in [-0.2, 0) is 20.9 Å². The Morgan fingerprint density at radius 1 is 1.04 bits per heavy atom. The number of hydrogen-bond donors (Lipinski definition) is 3. The first-order valence-electron chi connectivity index (χ1n) is 8.21. The Morgan fingerprint density at radius 3 is 2.24 bits per heavy atom. The Kier molecular flexibility index (Phi) is 7.91. The maximum Gasteiger partial charge on any atom is 0.411 e. The van der Waals surface area contributed by atoms with Gasteiger partial charge in [-0.3, -0.25) is 14.9 Å². The van der Waals surface area contributed by atoms with Gasteiger partial charge in [0.05, 0.1) is 7.11 Å². The molecule has 138 valence electrons. The molecule has 0 heterocycles. The zero-order chi connectivity index (χ0) is 18.9. The molecular formula is C18H27N3O4. The molecule has 1 rings (SSSR count). The van der Waals surface area contributed by atoms with Crippen LogP contribution in [0.3, 0.4) is 0 Å². The van der Waals surface area contributed by atoms with Crippen LogP contribution in [0.5, 0.6) is 0 Å². The first kappa shape index (κ1) is 20.5. The lowest BCUT2D eigenvalue weighted by Crippen LogP contribution is -2.35. The predicted molar refractivity (Wildman–Crippen MR) is 96.0 cm³/mol. The summed E-state index contributed by atoms with van der Waals surface area (Å²) in [6.07, 6.45) is 0.418. The van der Waals surface area contributed by atoms with Gasteiger partial charge in [0.1, 0.15) is 0 Å².